The summed E-state index contributed by atoms with van der Waals surface area (Å²) in [6.45, 7) is 2.52. The van der Waals surface area contributed by atoms with E-state index in [1.54, 1.807) is 0 Å². The van der Waals surface area contributed by atoms with Crippen LogP contribution in [0, 0.1) is 5.92 Å². The zero-order valence-corrected chi connectivity index (χ0v) is 10.1. The minimum atomic E-state index is -3.09. The second-order valence-electron chi connectivity index (χ2n) is 4.73. The Balaban J connectivity index is 1.77. The van der Waals surface area contributed by atoms with E-state index in [-0.39, 0.29) is 11.5 Å². The molecule has 0 saturated carbocycles. The lowest BCUT2D eigenvalue weighted by Gasteiger charge is -2.24. The summed E-state index contributed by atoms with van der Waals surface area (Å²) in [4.78, 5) is 0. The van der Waals surface area contributed by atoms with Crippen molar-refractivity contribution in [1.29, 1.82) is 0 Å². The van der Waals surface area contributed by atoms with Gasteiger partial charge in [-0.2, -0.15) is 0 Å². The van der Waals surface area contributed by atoms with Crippen LogP contribution in [0.4, 0.5) is 0 Å². The predicted octanol–water partition coefficient (Wildman–Crippen LogP) is -0.839. The quantitative estimate of drug-likeness (QED) is 0.682. The number of rotatable bonds is 3. The van der Waals surface area contributed by atoms with Crippen molar-refractivity contribution in [2.75, 3.05) is 31.2 Å². The molecule has 0 aromatic rings. The first-order valence-corrected chi connectivity index (χ1v) is 7.60. The number of piperidine rings is 1. The van der Waals surface area contributed by atoms with Crippen molar-refractivity contribution >= 4 is 9.84 Å². The molecular weight excluding hydrogens is 230 g/mol. The SMILES string of the molecule is O=S1(=O)CC(O)C(OCC2CCCNC2)C1. The molecule has 0 spiro atoms. The first kappa shape index (κ1) is 12.3. The molecule has 2 saturated heterocycles. The topological polar surface area (TPSA) is 75.6 Å². The molecule has 0 aromatic carbocycles. The van der Waals surface area contributed by atoms with Gasteiger partial charge in [-0.25, -0.2) is 8.42 Å². The molecule has 94 valence electrons. The van der Waals surface area contributed by atoms with E-state index in [2.05, 4.69) is 5.32 Å². The molecule has 0 radical (unpaired) electrons. The molecule has 0 bridgehead atoms. The van der Waals surface area contributed by atoms with Crippen LogP contribution in [-0.4, -0.2) is 56.9 Å². The van der Waals surface area contributed by atoms with Crippen molar-refractivity contribution in [1.82, 2.24) is 5.32 Å². The standard InChI is InChI=1S/C10H19NO4S/c12-9-6-16(13,14)7-10(9)15-5-8-2-1-3-11-4-8/h8-12H,1-7H2. The number of ether oxygens (including phenoxy) is 1. The lowest BCUT2D eigenvalue weighted by molar-refractivity contribution is -0.0247. The van der Waals surface area contributed by atoms with Gasteiger partial charge in [0.05, 0.1) is 30.3 Å². The van der Waals surface area contributed by atoms with E-state index in [1.165, 1.54) is 0 Å². The van der Waals surface area contributed by atoms with Crippen LogP contribution in [0.2, 0.25) is 0 Å². The fourth-order valence-corrected chi connectivity index (χ4v) is 3.97. The highest BCUT2D eigenvalue weighted by molar-refractivity contribution is 7.91. The van der Waals surface area contributed by atoms with Gasteiger partial charge < -0.3 is 15.2 Å². The molecule has 2 aliphatic heterocycles. The minimum Gasteiger partial charge on any atom is -0.389 e. The number of aliphatic hydroxyl groups excluding tert-OH is 1. The maximum absolute atomic E-state index is 11.3. The number of hydrogen-bond acceptors (Lipinski definition) is 5. The van der Waals surface area contributed by atoms with Crippen LogP contribution in [0.5, 0.6) is 0 Å². The van der Waals surface area contributed by atoms with Gasteiger partial charge in [-0.1, -0.05) is 0 Å². The summed E-state index contributed by atoms with van der Waals surface area (Å²) in [5, 5.41) is 12.8. The van der Waals surface area contributed by atoms with Crippen LogP contribution in [-0.2, 0) is 14.6 Å². The van der Waals surface area contributed by atoms with Gasteiger partial charge >= 0.3 is 0 Å². The van der Waals surface area contributed by atoms with E-state index >= 15 is 0 Å². The Morgan fingerprint density at radius 2 is 2.19 bits per heavy atom. The van der Waals surface area contributed by atoms with Gasteiger partial charge in [0.2, 0.25) is 0 Å². The zero-order chi connectivity index (χ0) is 11.6. The van der Waals surface area contributed by atoms with Gasteiger partial charge in [-0.3, -0.25) is 0 Å². The Hall–Kier alpha value is -0.170. The Morgan fingerprint density at radius 1 is 1.38 bits per heavy atom. The van der Waals surface area contributed by atoms with Crippen molar-refractivity contribution in [3.8, 4) is 0 Å². The van der Waals surface area contributed by atoms with E-state index in [0.29, 0.717) is 12.5 Å². The van der Waals surface area contributed by atoms with Crippen molar-refractivity contribution in [3.05, 3.63) is 0 Å². The number of nitrogens with one attached hydrogen (secondary N) is 1. The maximum atomic E-state index is 11.3. The van der Waals surface area contributed by atoms with Gasteiger partial charge in [0, 0.05) is 6.54 Å². The summed E-state index contributed by atoms with van der Waals surface area (Å²) < 4.78 is 28.0. The van der Waals surface area contributed by atoms with Crippen LogP contribution in [0.15, 0.2) is 0 Å². The van der Waals surface area contributed by atoms with Gasteiger partial charge in [0.15, 0.2) is 9.84 Å². The average Bonchev–Trinajstić information content (AvgIpc) is 2.50. The monoisotopic (exact) mass is 249 g/mol. The first-order chi connectivity index (χ1) is 7.57. The molecule has 0 aliphatic carbocycles. The largest absolute Gasteiger partial charge is 0.389 e. The number of sulfone groups is 1. The summed E-state index contributed by atoms with van der Waals surface area (Å²) in [5.74, 6) is 0.263. The Morgan fingerprint density at radius 3 is 2.75 bits per heavy atom. The lowest BCUT2D eigenvalue weighted by Crippen LogP contribution is -2.35. The molecule has 2 N–H and O–H groups in total. The summed E-state index contributed by atoms with van der Waals surface area (Å²) in [7, 11) is -3.09. The number of aliphatic hydroxyl groups is 1. The van der Waals surface area contributed by atoms with Gasteiger partial charge in [0.25, 0.3) is 0 Å². The van der Waals surface area contributed by atoms with Crippen LogP contribution in [0.25, 0.3) is 0 Å². The lowest BCUT2D eigenvalue weighted by atomic mass is 10.0. The Bertz CT molecular complexity index is 324. The second-order valence-corrected chi connectivity index (χ2v) is 6.88. The highest BCUT2D eigenvalue weighted by Gasteiger charge is 2.37. The average molecular weight is 249 g/mol. The molecule has 0 amide bonds. The number of hydrogen-bond donors (Lipinski definition) is 2. The van der Waals surface area contributed by atoms with E-state index in [9.17, 15) is 13.5 Å². The summed E-state index contributed by atoms with van der Waals surface area (Å²) in [5.41, 5.74) is 0. The molecule has 2 heterocycles. The summed E-state index contributed by atoms with van der Waals surface area (Å²) >= 11 is 0. The van der Waals surface area contributed by atoms with Crippen LogP contribution in [0.1, 0.15) is 12.8 Å². The first-order valence-electron chi connectivity index (χ1n) is 5.77. The molecule has 2 fully saturated rings. The molecule has 2 aliphatic rings. The van der Waals surface area contributed by atoms with Crippen molar-refractivity contribution in [2.24, 2.45) is 5.92 Å². The zero-order valence-electron chi connectivity index (χ0n) is 9.26. The van der Waals surface area contributed by atoms with Crippen LogP contribution < -0.4 is 5.32 Å². The molecule has 5 nitrogen and oxygen atoms in total. The van der Waals surface area contributed by atoms with Crippen molar-refractivity contribution < 1.29 is 18.3 Å². The van der Waals surface area contributed by atoms with Crippen LogP contribution >= 0.6 is 0 Å². The maximum Gasteiger partial charge on any atom is 0.155 e. The summed E-state index contributed by atoms with van der Waals surface area (Å²) in [6, 6.07) is 0. The predicted molar refractivity (Wildman–Crippen MR) is 60.0 cm³/mol. The molecule has 6 heteroatoms. The van der Waals surface area contributed by atoms with Crippen LogP contribution in [0.3, 0.4) is 0 Å². The molecular formula is C10H19NO4S. The molecule has 3 atom stereocenters. The second kappa shape index (κ2) is 5.00. The highest BCUT2D eigenvalue weighted by Crippen LogP contribution is 2.18. The third kappa shape index (κ3) is 3.16. The normalized spacial score (nSPS) is 38.7. The molecule has 0 aromatic heterocycles. The highest BCUT2D eigenvalue weighted by atomic mass is 32.2. The smallest absolute Gasteiger partial charge is 0.155 e. The fraction of sp³-hybridized carbons (Fsp3) is 1.00. The molecule has 16 heavy (non-hydrogen) atoms. The van der Waals surface area contributed by atoms with E-state index in [4.69, 9.17) is 4.74 Å². The third-order valence-corrected chi connectivity index (χ3v) is 4.90. The molecule has 2 rings (SSSR count). The minimum absolute atomic E-state index is 0.0334. The fourth-order valence-electron chi connectivity index (χ4n) is 2.28. The molecule has 3 unspecified atom stereocenters. The Kier molecular flexibility index (Phi) is 3.84. The Labute approximate surface area is 96.1 Å². The summed E-state index contributed by atoms with van der Waals surface area (Å²) in [6.07, 6.45) is 0.885. The van der Waals surface area contributed by atoms with Crippen molar-refractivity contribution in [3.63, 3.8) is 0 Å². The third-order valence-electron chi connectivity index (χ3n) is 3.22. The van der Waals surface area contributed by atoms with Gasteiger partial charge in [-0.15, -0.1) is 0 Å². The van der Waals surface area contributed by atoms with Gasteiger partial charge in [0.1, 0.15) is 0 Å². The van der Waals surface area contributed by atoms with E-state index in [0.717, 1.165) is 25.9 Å². The van der Waals surface area contributed by atoms with E-state index < -0.39 is 22.0 Å². The van der Waals surface area contributed by atoms with Gasteiger partial charge in [-0.05, 0) is 25.3 Å². The van der Waals surface area contributed by atoms with E-state index in [1.807, 2.05) is 0 Å². The van der Waals surface area contributed by atoms with Crippen molar-refractivity contribution in [2.45, 2.75) is 25.0 Å².